The van der Waals surface area contributed by atoms with Crippen LogP contribution in [-0.4, -0.2) is 5.11 Å². The average molecular weight is 289 g/mol. The average Bonchev–Trinajstić information content (AvgIpc) is 2.57. The van der Waals surface area contributed by atoms with Crippen LogP contribution >= 0.6 is 0 Å². The van der Waals surface area contributed by atoms with Gasteiger partial charge >= 0.3 is 0 Å². The molecule has 3 aromatic rings. The maximum atomic E-state index is 9.47. The third-order valence-electron chi connectivity index (χ3n) is 3.95. The van der Waals surface area contributed by atoms with E-state index in [9.17, 15) is 5.11 Å². The Morgan fingerprint density at radius 3 is 1.50 bits per heavy atom. The van der Waals surface area contributed by atoms with E-state index in [1.807, 2.05) is 48.5 Å². The van der Waals surface area contributed by atoms with Gasteiger partial charge in [-0.2, -0.15) is 0 Å². The van der Waals surface area contributed by atoms with Crippen molar-refractivity contribution in [2.75, 3.05) is 0 Å². The molecule has 0 fully saturated rings. The van der Waals surface area contributed by atoms with Gasteiger partial charge in [0, 0.05) is 12.0 Å². The molecule has 3 aromatic carbocycles. The Hall–Kier alpha value is -2.58. The van der Waals surface area contributed by atoms with E-state index in [4.69, 9.17) is 5.73 Å². The number of phenolic OH excluding ortho intramolecular Hbond substituents is 1. The van der Waals surface area contributed by atoms with Gasteiger partial charge in [0.15, 0.2) is 0 Å². The van der Waals surface area contributed by atoms with Gasteiger partial charge in [0.2, 0.25) is 0 Å². The predicted molar refractivity (Wildman–Crippen MR) is 89.8 cm³/mol. The molecule has 22 heavy (non-hydrogen) atoms. The van der Waals surface area contributed by atoms with Gasteiger partial charge in [-0.05, 0) is 28.8 Å². The van der Waals surface area contributed by atoms with Gasteiger partial charge in [0.25, 0.3) is 0 Å². The highest BCUT2D eigenvalue weighted by molar-refractivity contribution is 5.38. The summed E-state index contributed by atoms with van der Waals surface area (Å²) < 4.78 is 0. The molecule has 0 saturated heterocycles. The van der Waals surface area contributed by atoms with Crippen molar-refractivity contribution >= 4 is 0 Å². The van der Waals surface area contributed by atoms with E-state index >= 15 is 0 Å². The van der Waals surface area contributed by atoms with Crippen molar-refractivity contribution < 1.29 is 5.11 Å². The number of hydrogen-bond donors (Lipinski definition) is 2. The second-order valence-electron chi connectivity index (χ2n) is 5.42. The van der Waals surface area contributed by atoms with Crippen LogP contribution in [0.25, 0.3) is 0 Å². The molecule has 1 unspecified atom stereocenters. The zero-order valence-corrected chi connectivity index (χ0v) is 12.3. The Morgan fingerprint density at radius 2 is 1.05 bits per heavy atom. The molecule has 0 amide bonds. The minimum absolute atomic E-state index is 0.0759. The summed E-state index contributed by atoms with van der Waals surface area (Å²) in [6, 6.07) is 27.6. The first-order valence-electron chi connectivity index (χ1n) is 7.40. The van der Waals surface area contributed by atoms with Gasteiger partial charge in [-0.15, -0.1) is 0 Å². The molecule has 0 saturated carbocycles. The molecular formula is C20H19NO. The van der Waals surface area contributed by atoms with Gasteiger partial charge in [-0.1, -0.05) is 72.8 Å². The van der Waals surface area contributed by atoms with Crippen LogP contribution in [0.1, 0.15) is 28.7 Å². The van der Waals surface area contributed by atoms with Gasteiger partial charge in [-0.25, -0.2) is 0 Å². The lowest BCUT2D eigenvalue weighted by atomic mass is 9.82. The molecule has 0 aliphatic heterocycles. The summed E-state index contributed by atoms with van der Waals surface area (Å²) in [6.45, 7) is 0. The minimum atomic E-state index is -0.176. The largest absolute Gasteiger partial charge is 0.508 e. The summed E-state index contributed by atoms with van der Waals surface area (Å²) in [6.07, 6.45) is 0. The molecule has 0 aliphatic rings. The smallest absolute Gasteiger partial charge is 0.115 e. The molecule has 0 radical (unpaired) electrons. The molecule has 0 spiro atoms. The molecule has 0 heterocycles. The monoisotopic (exact) mass is 289 g/mol. The van der Waals surface area contributed by atoms with Gasteiger partial charge < -0.3 is 10.8 Å². The van der Waals surface area contributed by atoms with Crippen LogP contribution < -0.4 is 5.73 Å². The number of benzene rings is 3. The van der Waals surface area contributed by atoms with Crippen LogP contribution in [-0.2, 0) is 0 Å². The molecule has 0 bridgehead atoms. The van der Waals surface area contributed by atoms with Gasteiger partial charge in [0.05, 0.1) is 0 Å². The molecule has 110 valence electrons. The van der Waals surface area contributed by atoms with E-state index < -0.39 is 0 Å². The molecule has 3 N–H and O–H groups in total. The summed E-state index contributed by atoms with van der Waals surface area (Å²) in [7, 11) is 0. The van der Waals surface area contributed by atoms with E-state index in [0.29, 0.717) is 0 Å². The molecular weight excluding hydrogens is 270 g/mol. The van der Waals surface area contributed by atoms with Gasteiger partial charge in [0.1, 0.15) is 5.75 Å². The summed E-state index contributed by atoms with van der Waals surface area (Å²) in [5, 5.41) is 9.47. The highest BCUT2D eigenvalue weighted by Crippen LogP contribution is 2.35. The number of hydrogen-bond acceptors (Lipinski definition) is 2. The topological polar surface area (TPSA) is 46.2 Å². The van der Waals surface area contributed by atoms with Crippen LogP contribution in [0, 0.1) is 0 Å². The maximum absolute atomic E-state index is 9.47. The summed E-state index contributed by atoms with van der Waals surface area (Å²) in [5.74, 6) is 0.332. The van der Waals surface area contributed by atoms with Crippen molar-refractivity contribution in [1.29, 1.82) is 0 Å². The van der Waals surface area contributed by atoms with Crippen molar-refractivity contribution in [3.63, 3.8) is 0 Å². The highest BCUT2D eigenvalue weighted by atomic mass is 16.3. The van der Waals surface area contributed by atoms with Crippen LogP contribution in [0.3, 0.4) is 0 Å². The zero-order chi connectivity index (χ0) is 15.4. The van der Waals surface area contributed by atoms with E-state index in [2.05, 4.69) is 24.3 Å². The second-order valence-corrected chi connectivity index (χ2v) is 5.42. The lowest BCUT2D eigenvalue weighted by molar-refractivity contribution is 0.474. The SMILES string of the molecule is NC(c1ccc(O)cc1)C(c1ccccc1)c1ccccc1. The fourth-order valence-corrected chi connectivity index (χ4v) is 2.82. The summed E-state index contributed by atoms with van der Waals surface area (Å²) in [4.78, 5) is 0. The highest BCUT2D eigenvalue weighted by Gasteiger charge is 2.23. The van der Waals surface area contributed by atoms with Crippen LogP contribution in [0.4, 0.5) is 0 Å². The lowest BCUT2D eigenvalue weighted by Gasteiger charge is -2.25. The van der Waals surface area contributed by atoms with Crippen molar-refractivity contribution in [3.8, 4) is 5.75 Å². The van der Waals surface area contributed by atoms with E-state index in [-0.39, 0.29) is 17.7 Å². The Morgan fingerprint density at radius 1 is 0.591 bits per heavy atom. The van der Waals surface area contributed by atoms with Crippen LogP contribution in [0.2, 0.25) is 0 Å². The first-order valence-corrected chi connectivity index (χ1v) is 7.40. The van der Waals surface area contributed by atoms with E-state index in [0.717, 1.165) is 5.56 Å². The minimum Gasteiger partial charge on any atom is -0.508 e. The molecule has 2 heteroatoms. The Bertz CT molecular complexity index is 668. The van der Waals surface area contributed by atoms with Crippen LogP contribution in [0.15, 0.2) is 84.9 Å². The third-order valence-corrected chi connectivity index (χ3v) is 3.95. The quantitative estimate of drug-likeness (QED) is 0.755. The first kappa shape index (κ1) is 14.4. The predicted octanol–water partition coefficient (Wildman–Crippen LogP) is 4.22. The van der Waals surface area contributed by atoms with E-state index in [1.165, 1.54) is 11.1 Å². The molecule has 1 atom stereocenters. The Labute approximate surface area is 130 Å². The maximum Gasteiger partial charge on any atom is 0.115 e. The van der Waals surface area contributed by atoms with Crippen molar-refractivity contribution in [2.45, 2.75) is 12.0 Å². The van der Waals surface area contributed by atoms with Crippen molar-refractivity contribution in [3.05, 3.63) is 102 Å². The van der Waals surface area contributed by atoms with Crippen LogP contribution in [0.5, 0.6) is 5.75 Å². The second kappa shape index (κ2) is 6.46. The molecule has 0 aromatic heterocycles. The summed E-state index contributed by atoms with van der Waals surface area (Å²) >= 11 is 0. The molecule has 0 aliphatic carbocycles. The number of phenols is 1. The van der Waals surface area contributed by atoms with Gasteiger partial charge in [-0.3, -0.25) is 0 Å². The number of aromatic hydroxyl groups is 1. The number of rotatable bonds is 4. The fourth-order valence-electron chi connectivity index (χ4n) is 2.82. The van der Waals surface area contributed by atoms with E-state index in [1.54, 1.807) is 12.1 Å². The van der Waals surface area contributed by atoms with Crippen molar-refractivity contribution in [2.24, 2.45) is 5.73 Å². The lowest BCUT2D eigenvalue weighted by Crippen LogP contribution is -2.20. The molecule has 3 rings (SSSR count). The summed E-state index contributed by atoms with van der Waals surface area (Å²) in [5.41, 5.74) is 9.96. The Balaban J connectivity index is 2.04. The first-order chi connectivity index (χ1) is 10.8. The zero-order valence-electron chi connectivity index (χ0n) is 12.3. The normalized spacial score (nSPS) is 12.3. The molecule has 2 nitrogen and oxygen atoms in total. The van der Waals surface area contributed by atoms with Crippen molar-refractivity contribution in [1.82, 2.24) is 0 Å². The number of nitrogens with two attached hydrogens (primary N) is 1. The third kappa shape index (κ3) is 3.02. The standard InChI is InChI=1S/C20H19NO/c21-20(17-11-13-18(22)14-12-17)19(15-7-3-1-4-8-15)16-9-5-2-6-10-16/h1-14,19-20,22H,21H2. The fraction of sp³-hybridized carbons (Fsp3) is 0.100. The Kier molecular flexibility index (Phi) is 4.22.